The highest BCUT2D eigenvalue weighted by atomic mass is 16.8. The van der Waals surface area contributed by atoms with Crippen molar-refractivity contribution in [1.29, 1.82) is 0 Å². The van der Waals surface area contributed by atoms with E-state index in [0.29, 0.717) is 25.7 Å². The van der Waals surface area contributed by atoms with Crippen LogP contribution in [0, 0.1) is 16.7 Å². The summed E-state index contributed by atoms with van der Waals surface area (Å²) >= 11 is 0. The number of hydrogen-bond acceptors (Lipinski definition) is 24. The number of esters is 2. The second-order valence-corrected chi connectivity index (χ2v) is 25.5. The summed E-state index contributed by atoms with van der Waals surface area (Å²) in [5.74, 6) is -2.07. The minimum Gasteiger partial charge on any atom is -0.458 e. The normalized spacial score (nSPS) is 45.9. The molecule has 4 aliphatic carbocycles. The van der Waals surface area contributed by atoms with Gasteiger partial charge in [0.05, 0.1) is 54.2 Å². The van der Waals surface area contributed by atoms with Crippen molar-refractivity contribution in [3.8, 4) is 0 Å². The molecule has 4 saturated heterocycles. The second-order valence-electron chi connectivity index (χ2n) is 25.5. The molecule has 484 valence electrons. The molecular formula is C63H89NO23. The number of ether oxygens (including phenoxy) is 13. The molecule has 24 heteroatoms. The minimum atomic E-state index is -2.03. The molecule has 0 spiro atoms. The number of rotatable bonds is 18. The molecule has 8 N–H and O–H groups in total. The first-order valence-corrected chi connectivity index (χ1v) is 30.4. The molecule has 0 amide bonds. The largest absolute Gasteiger partial charge is 0.458 e. The van der Waals surface area contributed by atoms with Crippen LogP contribution in [0.15, 0.2) is 72.6 Å². The zero-order valence-electron chi connectivity index (χ0n) is 50.8. The van der Waals surface area contributed by atoms with Gasteiger partial charge in [-0.05, 0) is 102 Å². The van der Waals surface area contributed by atoms with Crippen LogP contribution in [0.3, 0.4) is 0 Å². The molecule has 4 aliphatic heterocycles. The van der Waals surface area contributed by atoms with E-state index in [0.717, 1.165) is 11.1 Å². The maximum absolute atomic E-state index is 14.0. The van der Waals surface area contributed by atoms with Gasteiger partial charge < -0.3 is 102 Å². The number of carbonyl (C=O) groups is 2. The third-order valence-electron chi connectivity index (χ3n) is 20.9. The fraction of sp³-hybridized carbons (Fsp3) is 0.730. The Morgan fingerprint density at radius 1 is 0.724 bits per heavy atom. The molecule has 27 atom stereocenters. The van der Waals surface area contributed by atoms with E-state index in [1.807, 2.05) is 43.3 Å². The van der Waals surface area contributed by atoms with Crippen molar-refractivity contribution in [3.05, 3.63) is 83.7 Å². The number of carbonyl (C=O) groups excluding carboxylic acids is 2. The third-order valence-corrected chi connectivity index (χ3v) is 20.9. The Kier molecular flexibility index (Phi) is 20.0. The number of aliphatic hydroxyl groups excluding tert-OH is 5. The zero-order valence-corrected chi connectivity index (χ0v) is 50.8. The zero-order chi connectivity index (χ0) is 62.5. The Morgan fingerprint density at radius 2 is 1.37 bits per heavy atom. The molecule has 0 bridgehead atoms. The van der Waals surface area contributed by atoms with Crippen molar-refractivity contribution in [2.75, 3.05) is 27.9 Å². The van der Waals surface area contributed by atoms with Crippen LogP contribution < -0.4 is 0 Å². The van der Waals surface area contributed by atoms with E-state index in [-0.39, 0.29) is 43.8 Å². The van der Waals surface area contributed by atoms with Gasteiger partial charge in [0.2, 0.25) is 0 Å². The van der Waals surface area contributed by atoms with Crippen molar-refractivity contribution in [2.24, 2.45) is 16.7 Å². The van der Waals surface area contributed by atoms with Gasteiger partial charge in [-0.25, -0.2) is 9.59 Å². The lowest BCUT2D eigenvalue weighted by Gasteiger charge is -2.67. The lowest BCUT2D eigenvalue weighted by atomic mass is 9.42. The summed E-state index contributed by atoms with van der Waals surface area (Å²) in [6, 6.07) is 12.4. The summed E-state index contributed by atoms with van der Waals surface area (Å²) in [5, 5.41) is 92.3. The fourth-order valence-corrected chi connectivity index (χ4v) is 15.8. The summed E-state index contributed by atoms with van der Waals surface area (Å²) < 4.78 is 80.5. The molecule has 0 unspecified atom stereocenters. The van der Waals surface area contributed by atoms with E-state index < -0.39 is 175 Å². The fourth-order valence-electron chi connectivity index (χ4n) is 15.8. The molecule has 1 aromatic heterocycles. The highest BCUT2D eigenvalue weighted by molar-refractivity contribution is 5.89. The van der Waals surface area contributed by atoms with Crippen molar-refractivity contribution in [3.63, 3.8) is 0 Å². The average molecular weight is 1230 g/mol. The van der Waals surface area contributed by atoms with Gasteiger partial charge in [-0.1, -0.05) is 55.8 Å². The summed E-state index contributed by atoms with van der Waals surface area (Å²) in [6.45, 7) is 9.93. The van der Waals surface area contributed by atoms with Crippen LogP contribution >= 0.6 is 0 Å². The van der Waals surface area contributed by atoms with Crippen LogP contribution in [0.25, 0.3) is 6.08 Å². The van der Waals surface area contributed by atoms with Crippen molar-refractivity contribution in [1.82, 2.24) is 4.98 Å². The third kappa shape index (κ3) is 12.0. The Hall–Kier alpha value is -3.97. The van der Waals surface area contributed by atoms with Gasteiger partial charge in [-0.3, -0.25) is 4.98 Å². The number of hydrogen-bond donors (Lipinski definition) is 8. The molecule has 24 nitrogen and oxygen atoms in total. The van der Waals surface area contributed by atoms with Crippen LogP contribution in [0.1, 0.15) is 115 Å². The van der Waals surface area contributed by atoms with Crippen molar-refractivity contribution < 1.29 is 112 Å². The topological polar surface area (TPSA) is 329 Å². The maximum atomic E-state index is 14.0. The summed E-state index contributed by atoms with van der Waals surface area (Å²) in [7, 11) is 4.48. The first-order valence-electron chi connectivity index (χ1n) is 30.4. The van der Waals surface area contributed by atoms with E-state index in [9.17, 15) is 50.4 Å². The number of fused-ring (bicyclic) bond motifs is 5. The van der Waals surface area contributed by atoms with Gasteiger partial charge in [-0.2, -0.15) is 0 Å². The summed E-state index contributed by atoms with van der Waals surface area (Å²) in [6.07, 6.45) is -11.3. The van der Waals surface area contributed by atoms with E-state index in [1.165, 1.54) is 32.7 Å². The summed E-state index contributed by atoms with van der Waals surface area (Å²) in [4.78, 5) is 31.5. The van der Waals surface area contributed by atoms with Gasteiger partial charge in [0.15, 0.2) is 25.2 Å². The highest BCUT2D eigenvalue weighted by Crippen LogP contribution is 2.71. The number of benzene rings is 1. The molecular weight excluding hydrogens is 1140 g/mol. The van der Waals surface area contributed by atoms with E-state index in [4.69, 9.17) is 61.6 Å². The van der Waals surface area contributed by atoms with Crippen LogP contribution in [0.2, 0.25) is 0 Å². The smallest absolute Gasteiger partial charge is 0.340 e. The Labute approximate surface area is 506 Å². The monoisotopic (exact) mass is 1230 g/mol. The SMILES string of the molecule is CO[C@@H]1[C@@H](O)[C@H](O[C@H]2[C@@H](OC)C[C@H](O[C@H]3[C@@H](OC)C[C@H](O[C@H]4CC[C@@]5(C)C(=CC[C@]6(O)[C@@H]5C[C@@H](OC(=O)/C=C\c5ccccc5)[C@@]5(C)[C@]6(O)CC[C@@]5(O)[C@H](C)OC(=O)c5cccnc5)C4)O[C@@H]3C)O[C@@H]2C)O[C@H](C)[C@H]1O[C@@H]1O[C@H](CO)[C@@H](O)[C@H](O)[C@H]1O. The number of methoxy groups -OCH3 is 3. The van der Waals surface area contributed by atoms with Gasteiger partial charge in [0.1, 0.15) is 83.9 Å². The van der Waals surface area contributed by atoms with Crippen molar-refractivity contribution >= 4 is 18.0 Å². The molecule has 10 rings (SSSR count). The van der Waals surface area contributed by atoms with E-state index in [2.05, 4.69) is 11.9 Å². The summed E-state index contributed by atoms with van der Waals surface area (Å²) in [5.41, 5.74) is -6.31. The first kappa shape index (κ1) is 66.0. The minimum absolute atomic E-state index is 0.0348. The quantitative estimate of drug-likeness (QED) is 0.0604. The van der Waals surface area contributed by atoms with Gasteiger partial charge in [0, 0.05) is 58.6 Å². The molecule has 87 heavy (non-hydrogen) atoms. The van der Waals surface area contributed by atoms with Gasteiger partial charge in [-0.15, -0.1) is 0 Å². The lowest BCUT2D eigenvalue weighted by molar-refractivity contribution is -0.373. The van der Waals surface area contributed by atoms with Crippen LogP contribution in [-0.2, 0) is 66.4 Å². The number of aromatic nitrogens is 1. The predicted octanol–water partition coefficient (Wildman–Crippen LogP) is 2.55. The molecule has 8 aliphatic rings. The number of aliphatic hydroxyl groups is 8. The van der Waals surface area contributed by atoms with E-state index in [1.54, 1.807) is 53.0 Å². The van der Waals surface area contributed by atoms with Crippen LogP contribution in [-0.4, -0.2) is 231 Å². The Balaban J connectivity index is 0.780. The molecule has 5 heterocycles. The molecule has 3 saturated carbocycles. The van der Waals surface area contributed by atoms with Crippen LogP contribution in [0.5, 0.6) is 0 Å². The lowest BCUT2D eigenvalue weighted by Crippen LogP contribution is -2.78. The molecule has 7 fully saturated rings. The average Bonchev–Trinajstić information content (AvgIpc) is 1.61. The Bertz CT molecular complexity index is 2730. The standard InChI is InChI=1S/C63H89NO23/c1-32-52(85-47-28-41(76-8)53(33(2)79-47)86-58-51(70)55(77-9)54(34(3)80-58)87-57-50(69)49(68)48(67)42(31-65)83-57)40(75-7)27-46(78-32)82-39-20-21-59(5)38(26-39)19-22-62(73)43(59)29-44(84-45(66)18-17-36-14-11-10-12-15-36)60(6)61(72,23-24-63(60,62)74)35(4)81-56(71)37-16-13-25-64-30-37/h10-19,25,30,32-35,39-44,46-55,57-58,65,67-70,72-74H,20-24,26-29,31H2,1-9H3/b18-17-/t32-,33-,34-,35+,39+,40+,41+,42-,43-,44-,46+,47+,48-,49+,50-,51-,52-,53-,54-,55-,57+,58+,59+,60-,61-,62+,63-/m1/s1. The molecule has 2 aromatic rings. The first-order chi connectivity index (χ1) is 41.4. The highest BCUT2D eigenvalue weighted by Gasteiger charge is 2.81. The predicted molar refractivity (Wildman–Crippen MR) is 303 cm³/mol. The van der Waals surface area contributed by atoms with Crippen LogP contribution in [0.4, 0.5) is 0 Å². The number of pyridine rings is 1. The van der Waals surface area contributed by atoms with E-state index >= 15 is 0 Å². The van der Waals surface area contributed by atoms with Gasteiger partial charge >= 0.3 is 11.9 Å². The maximum Gasteiger partial charge on any atom is 0.340 e. The molecule has 0 radical (unpaired) electrons. The number of nitrogens with zero attached hydrogens (tertiary/aromatic N) is 1. The second kappa shape index (κ2) is 26.3. The van der Waals surface area contributed by atoms with Gasteiger partial charge in [0.25, 0.3) is 0 Å². The molecule has 1 aromatic carbocycles. The van der Waals surface area contributed by atoms with Crippen molar-refractivity contribution in [2.45, 2.75) is 245 Å². The Morgan fingerprint density at radius 3 is 2.01 bits per heavy atom.